The van der Waals surface area contributed by atoms with Crippen molar-refractivity contribution in [1.29, 1.82) is 0 Å². The van der Waals surface area contributed by atoms with Crippen LogP contribution in [0.1, 0.15) is 11.9 Å². The van der Waals surface area contributed by atoms with Crippen LogP contribution in [0.25, 0.3) is 38.6 Å². The van der Waals surface area contributed by atoms with Gasteiger partial charge in [0.25, 0.3) is 0 Å². The first-order valence-corrected chi connectivity index (χ1v) is 12.6. The summed E-state index contributed by atoms with van der Waals surface area (Å²) in [5.74, 6) is 0. The van der Waals surface area contributed by atoms with Crippen molar-refractivity contribution in [3.8, 4) is 16.8 Å². The Balaban J connectivity index is 1.39. The van der Waals surface area contributed by atoms with E-state index in [0.29, 0.717) is 13.2 Å². The molecule has 1 fully saturated rings. The molecule has 4 heteroatoms. The first-order valence-electron chi connectivity index (χ1n) is 12.6. The Bertz CT molecular complexity index is 1680. The molecule has 2 heterocycles. The van der Waals surface area contributed by atoms with E-state index < -0.39 is 0 Å². The fraction of sp³-hybridized carbons (Fsp3) is 0.0909. The van der Waals surface area contributed by atoms with Gasteiger partial charge in [0, 0.05) is 33.4 Å². The summed E-state index contributed by atoms with van der Waals surface area (Å²) in [6.07, 6.45) is -0.271. The SMILES string of the molecule is c1ccc(Nc2ccc3c(c2)c2cc(-c4ccccc4)ccc2n3-c2ccc(C3OCCO3)cc2)cc1. The number of rotatable bonds is 5. The molecule has 0 radical (unpaired) electrons. The molecule has 0 aliphatic carbocycles. The largest absolute Gasteiger partial charge is 0.356 e. The lowest BCUT2D eigenvalue weighted by Gasteiger charge is -2.12. The molecule has 1 aromatic heterocycles. The van der Waals surface area contributed by atoms with Crippen LogP contribution in [0.15, 0.2) is 121 Å². The highest BCUT2D eigenvalue weighted by atomic mass is 16.7. The van der Waals surface area contributed by atoms with Crippen molar-refractivity contribution >= 4 is 33.2 Å². The molecule has 5 aromatic carbocycles. The maximum absolute atomic E-state index is 5.69. The zero-order valence-electron chi connectivity index (χ0n) is 20.3. The van der Waals surface area contributed by atoms with Crippen LogP contribution in [0.3, 0.4) is 0 Å². The lowest BCUT2D eigenvalue weighted by Crippen LogP contribution is -1.99. The maximum atomic E-state index is 5.69. The fourth-order valence-corrected chi connectivity index (χ4v) is 5.21. The molecule has 6 aromatic rings. The monoisotopic (exact) mass is 482 g/mol. The molecule has 7 rings (SSSR count). The van der Waals surface area contributed by atoms with Crippen LogP contribution in [0.5, 0.6) is 0 Å². The molecule has 1 aliphatic heterocycles. The predicted molar refractivity (Wildman–Crippen MR) is 151 cm³/mol. The standard InChI is InChI=1S/C33H26N2O2/c1-3-7-23(8-4-1)25-13-17-31-29(21-25)30-22-27(34-26-9-5-2-6-10-26)14-18-32(30)35(31)28-15-11-24(12-16-28)33-36-19-20-37-33/h1-18,21-22,33-34H,19-20H2. The summed E-state index contributed by atoms with van der Waals surface area (Å²) in [5.41, 5.74) is 9.05. The molecular formula is C33H26N2O2. The van der Waals surface area contributed by atoms with Crippen LogP contribution in [0, 0.1) is 0 Å². The van der Waals surface area contributed by atoms with Gasteiger partial charge in [-0.3, -0.25) is 0 Å². The van der Waals surface area contributed by atoms with E-state index in [9.17, 15) is 0 Å². The van der Waals surface area contributed by atoms with E-state index in [1.54, 1.807) is 0 Å². The third kappa shape index (κ3) is 4.06. The van der Waals surface area contributed by atoms with Crippen LogP contribution in [0.4, 0.5) is 11.4 Å². The van der Waals surface area contributed by atoms with Crippen molar-refractivity contribution < 1.29 is 9.47 Å². The van der Waals surface area contributed by atoms with E-state index >= 15 is 0 Å². The molecule has 0 amide bonds. The number of fused-ring (bicyclic) bond motifs is 3. The molecule has 0 bridgehead atoms. The molecular weight excluding hydrogens is 456 g/mol. The molecule has 0 saturated carbocycles. The van der Waals surface area contributed by atoms with E-state index in [1.165, 1.54) is 32.9 Å². The van der Waals surface area contributed by atoms with Gasteiger partial charge < -0.3 is 19.4 Å². The molecule has 0 atom stereocenters. The van der Waals surface area contributed by atoms with E-state index in [4.69, 9.17) is 9.47 Å². The van der Waals surface area contributed by atoms with Crippen LogP contribution in [0.2, 0.25) is 0 Å². The molecule has 1 saturated heterocycles. The molecule has 1 aliphatic rings. The highest BCUT2D eigenvalue weighted by Gasteiger charge is 2.19. The van der Waals surface area contributed by atoms with Crippen LogP contribution >= 0.6 is 0 Å². The second-order valence-electron chi connectivity index (χ2n) is 9.32. The van der Waals surface area contributed by atoms with Gasteiger partial charge in [0.1, 0.15) is 0 Å². The first-order chi connectivity index (χ1) is 18.3. The Kier molecular flexibility index (Phi) is 5.47. The zero-order valence-corrected chi connectivity index (χ0v) is 20.3. The van der Waals surface area contributed by atoms with E-state index in [-0.39, 0.29) is 6.29 Å². The molecule has 4 nitrogen and oxygen atoms in total. The fourth-order valence-electron chi connectivity index (χ4n) is 5.21. The number of benzene rings is 5. The van der Waals surface area contributed by atoms with Crippen molar-refractivity contribution in [3.05, 3.63) is 127 Å². The summed E-state index contributed by atoms with van der Waals surface area (Å²) in [5, 5.41) is 5.99. The minimum atomic E-state index is -0.271. The Hall–Kier alpha value is -4.38. The smallest absolute Gasteiger partial charge is 0.184 e. The van der Waals surface area contributed by atoms with Gasteiger partial charge in [0.2, 0.25) is 0 Å². The minimum Gasteiger partial charge on any atom is -0.356 e. The highest BCUT2D eigenvalue weighted by molar-refractivity contribution is 6.11. The zero-order chi connectivity index (χ0) is 24.6. The summed E-state index contributed by atoms with van der Waals surface area (Å²) in [7, 11) is 0. The highest BCUT2D eigenvalue weighted by Crippen LogP contribution is 2.37. The summed E-state index contributed by atoms with van der Waals surface area (Å²) in [4.78, 5) is 0. The van der Waals surface area contributed by atoms with Crippen molar-refractivity contribution in [2.24, 2.45) is 0 Å². The Morgan fingerprint density at radius 1 is 0.568 bits per heavy atom. The van der Waals surface area contributed by atoms with Gasteiger partial charge in [-0.25, -0.2) is 0 Å². The Morgan fingerprint density at radius 3 is 1.95 bits per heavy atom. The number of para-hydroxylation sites is 1. The minimum absolute atomic E-state index is 0.271. The summed E-state index contributed by atoms with van der Waals surface area (Å²) < 4.78 is 13.7. The maximum Gasteiger partial charge on any atom is 0.184 e. The van der Waals surface area contributed by atoms with Crippen molar-refractivity contribution in [1.82, 2.24) is 4.57 Å². The second kappa shape index (κ2) is 9.25. The van der Waals surface area contributed by atoms with Gasteiger partial charge in [-0.2, -0.15) is 0 Å². The normalized spacial score (nSPS) is 13.9. The van der Waals surface area contributed by atoms with Crippen molar-refractivity contribution in [3.63, 3.8) is 0 Å². The molecule has 0 spiro atoms. The molecule has 180 valence electrons. The number of ether oxygens (including phenoxy) is 2. The van der Waals surface area contributed by atoms with E-state index in [0.717, 1.165) is 22.6 Å². The van der Waals surface area contributed by atoms with Crippen LogP contribution in [-0.2, 0) is 9.47 Å². The predicted octanol–water partition coefficient (Wildman–Crippen LogP) is 8.24. The quantitative estimate of drug-likeness (QED) is 0.269. The number of aromatic nitrogens is 1. The van der Waals surface area contributed by atoms with Gasteiger partial charge in [0.15, 0.2) is 6.29 Å². The topological polar surface area (TPSA) is 35.4 Å². The van der Waals surface area contributed by atoms with Gasteiger partial charge >= 0.3 is 0 Å². The lowest BCUT2D eigenvalue weighted by molar-refractivity contribution is -0.0441. The van der Waals surface area contributed by atoms with Gasteiger partial charge in [-0.1, -0.05) is 66.7 Å². The number of hydrogen-bond donors (Lipinski definition) is 1. The van der Waals surface area contributed by atoms with Gasteiger partial charge in [-0.05, 0) is 65.7 Å². The van der Waals surface area contributed by atoms with Gasteiger partial charge in [-0.15, -0.1) is 0 Å². The van der Waals surface area contributed by atoms with Crippen LogP contribution < -0.4 is 5.32 Å². The van der Waals surface area contributed by atoms with E-state index in [1.807, 2.05) is 18.2 Å². The first kappa shape index (κ1) is 21.9. The van der Waals surface area contributed by atoms with Crippen molar-refractivity contribution in [2.75, 3.05) is 18.5 Å². The van der Waals surface area contributed by atoms with Crippen LogP contribution in [-0.4, -0.2) is 17.8 Å². The molecule has 1 N–H and O–H groups in total. The number of anilines is 2. The average Bonchev–Trinajstić information content (AvgIpc) is 3.61. The average molecular weight is 483 g/mol. The third-order valence-corrected chi connectivity index (χ3v) is 6.98. The number of nitrogens with one attached hydrogen (secondary N) is 1. The second-order valence-corrected chi connectivity index (χ2v) is 9.32. The third-order valence-electron chi connectivity index (χ3n) is 6.98. The Morgan fingerprint density at radius 2 is 1.22 bits per heavy atom. The lowest BCUT2D eigenvalue weighted by atomic mass is 10.0. The number of nitrogens with zero attached hydrogens (tertiary/aromatic N) is 1. The molecule has 37 heavy (non-hydrogen) atoms. The summed E-state index contributed by atoms with van der Waals surface area (Å²) >= 11 is 0. The molecule has 0 unspecified atom stereocenters. The summed E-state index contributed by atoms with van der Waals surface area (Å²) in [6, 6.07) is 42.7. The number of hydrogen-bond acceptors (Lipinski definition) is 3. The van der Waals surface area contributed by atoms with Gasteiger partial charge in [0.05, 0.1) is 24.2 Å². The Labute approximate surface area is 215 Å². The summed E-state index contributed by atoms with van der Waals surface area (Å²) in [6.45, 7) is 1.28. The van der Waals surface area contributed by atoms with Crippen molar-refractivity contribution in [2.45, 2.75) is 6.29 Å². The van der Waals surface area contributed by atoms with E-state index in [2.05, 4.69) is 113 Å².